The molecule has 14 heteroatoms. The Kier molecular flexibility index (Phi) is 47.9. The van der Waals surface area contributed by atoms with Crippen molar-refractivity contribution in [3.05, 3.63) is 36.5 Å². The van der Waals surface area contributed by atoms with E-state index in [9.17, 15) is 45.6 Å². The first-order chi connectivity index (χ1) is 39.1. The van der Waals surface area contributed by atoms with Gasteiger partial charge < -0.3 is 65.1 Å². The van der Waals surface area contributed by atoms with E-state index in [2.05, 4.69) is 43.5 Å². The van der Waals surface area contributed by atoms with Crippen LogP contribution in [0.3, 0.4) is 0 Å². The topological polar surface area (TPSA) is 228 Å². The first-order valence-corrected chi connectivity index (χ1v) is 33.2. The van der Waals surface area contributed by atoms with Crippen molar-refractivity contribution in [2.75, 3.05) is 19.8 Å². The number of aliphatic hydroxyl groups excluding tert-OH is 8. The first-order valence-electron chi connectivity index (χ1n) is 33.2. The van der Waals surface area contributed by atoms with Crippen LogP contribution in [-0.4, -0.2) is 140 Å². The molecule has 0 saturated carbocycles. The van der Waals surface area contributed by atoms with Gasteiger partial charge in [0.2, 0.25) is 5.91 Å². The summed E-state index contributed by atoms with van der Waals surface area (Å²) in [7, 11) is 0. The van der Waals surface area contributed by atoms with Gasteiger partial charge in [0.25, 0.3) is 0 Å². The maximum atomic E-state index is 13.3. The van der Waals surface area contributed by atoms with Gasteiger partial charge in [-0.15, -0.1) is 0 Å². The van der Waals surface area contributed by atoms with Crippen molar-refractivity contribution >= 4 is 5.91 Å². The zero-order valence-electron chi connectivity index (χ0n) is 50.8. The van der Waals surface area contributed by atoms with Gasteiger partial charge in [0.1, 0.15) is 48.8 Å². The Morgan fingerprint density at radius 2 is 0.800 bits per heavy atom. The molecule has 0 aromatic carbocycles. The number of ether oxygens (including phenoxy) is 4. The van der Waals surface area contributed by atoms with E-state index in [1.165, 1.54) is 212 Å². The lowest BCUT2D eigenvalue weighted by Crippen LogP contribution is -2.65. The van der Waals surface area contributed by atoms with Crippen LogP contribution >= 0.6 is 0 Å². The maximum absolute atomic E-state index is 13.3. The molecular weight excluding hydrogens is 1010 g/mol. The van der Waals surface area contributed by atoms with Crippen LogP contribution in [0.4, 0.5) is 0 Å². The summed E-state index contributed by atoms with van der Waals surface area (Å²) in [5.41, 5.74) is 0. The predicted molar refractivity (Wildman–Crippen MR) is 323 cm³/mol. The normalized spacial score (nSPS) is 24.4. The number of aliphatic hydroxyl groups is 8. The molecule has 0 bridgehead atoms. The fourth-order valence-corrected chi connectivity index (χ4v) is 11.0. The molecule has 2 aliphatic heterocycles. The number of carbonyl (C=O) groups excluding carboxylic acids is 1. The van der Waals surface area contributed by atoms with E-state index >= 15 is 0 Å². The van der Waals surface area contributed by atoms with Crippen molar-refractivity contribution in [2.24, 2.45) is 0 Å². The summed E-state index contributed by atoms with van der Waals surface area (Å²) in [6.07, 6.45) is 47.7. The van der Waals surface area contributed by atoms with E-state index in [1.54, 1.807) is 6.08 Å². The maximum Gasteiger partial charge on any atom is 0.220 e. The second-order valence-corrected chi connectivity index (χ2v) is 23.6. The Labute approximate surface area is 487 Å². The molecule has 2 aliphatic rings. The van der Waals surface area contributed by atoms with Crippen LogP contribution < -0.4 is 5.32 Å². The highest BCUT2D eigenvalue weighted by Crippen LogP contribution is 2.30. The number of allylic oxidation sites excluding steroid dienone is 5. The van der Waals surface area contributed by atoms with Crippen LogP contribution in [0.25, 0.3) is 0 Å². The SMILES string of the molecule is CCCCCCCCC/C=C\CCCCCCCCCC(=O)NC(COC1OC(CO)C(OC2OC(CO)C(O)C(O)C2O)C(O)C1O)C(O)/C=C/CC/C=C/CCCCCCCCCCCCCCCCCCCCCCCC. The minimum Gasteiger partial charge on any atom is -0.394 e. The van der Waals surface area contributed by atoms with Gasteiger partial charge in [-0.3, -0.25) is 4.79 Å². The van der Waals surface area contributed by atoms with Crippen LogP contribution in [0.1, 0.15) is 284 Å². The Morgan fingerprint density at radius 3 is 1.23 bits per heavy atom. The lowest BCUT2D eigenvalue weighted by atomic mass is 9.97. The minimum atomic E-state index is -1.79. The third-order valence-electron chi connectivity index (χ3n) is 16.3. The second-order valence-electron chi connectivity index (χ2n) is 23.6. The van der Waals surface area contributed by atoms with E-state index in [4.69, 9.17) is 18.9 Å². The van der Waals surface area contributed by atoms with Gasteiger partial charge in [0, 0.05) is 6.42 Å². The molecule has 0 radical (unpaired) electrons. The fourth-order valence-electron chi connectivity index (χ4n) is 11.0. The molecule has 2 fully saturated rings. The molecule has 1 amide bonds. The Hall–Kier alpha value is -1.79. The molecule has 2 saturated heterocycles. The van der Waals surface area contributed by atoms with E-state index in [0.29, 0.717) is 12.8 Å². The van der Waals surface area contributed by atoms with E-state index in [1.807, 2.05) is 6.08 Å². The molecule has 80 heavy (non-hydrogen) atoms. The average molecular weight is 1140 g/mol. The highest BCUT2D eigenvalue weighted by atomic mass is 16.7. The highest BCUT2D eigenvalue weighted by molar-refractivity contribution is 5.76. The molecule has 9 N–H and O–H groups in total. The largest absolute Gasteiger partial charge is 0.394 e. The van der Waals surface area contributed by atoms with E-state index < -0.39 is 86.8 Å². The van der Waals surface area contributed by atoms with E-state index in [0.717, 1.165) is 38.5 Å². The van der Waals surface area contributed by atoms with Crippen molar-refractivity contribution in [1.82, 2.24) is 5.32 Å². The summed E-state index contributed by atoms with van der Waals surface area (Å²) in [4.78, 5) is 13.3. The molecule has 0 spiro atoms. The Morgan fingerprint density at radius 1 is 0.438 bits per heavy atom. The Balaban J connectivity index is 1.72. The van der Waals surface area contributed by atoms with Crippen molar-refractivity contribution in [1.29, 1.82) is 0 Å². The zero-order valence-corrected chi connectivity index (χ0v) is 50.8. The number of amides is 1. The van der Waals surface area contributed by atoms with Crippen molar-refractivity contribution < 1.29 is 64.6 Å². The number of hydrogen-bond acceptors (Lipinski definition) is 13. The van der Waals surface area contributed by atoms with Gasteiger partial charge in [-0.25, -0.2) is 0 Å². The van der Waals surface area contributed by atoms with Crippen LogP contribution in [-0.2, 0) is 23.7 Å². The fraction of sp³-hybridized carbons (Fsp3) is 0.894. The first kappa shape index (κ1) is 74.3. The summed E-state index contributed by atoms with van der Waals surface area (Å²) < 4.78 is 22.8. The van der Waals surface area contributed by atoms with Crippen molar-refractivity contribution in [3.8, 4) is 0 Å². The summed E-state index contributed by atoms with van der Waals surface area (Å²) in [6, 6.07) is -0.934. The molecule has 0 aromatic rings. The van der Waals surface area contributed by atoms with Crippen LogP contribution in [0.2, 0.25) is 0 Å². The number of nitrogens with one attached hydrogen (secondary N) is 1. The predicted octanol–water partition coefficient (Wildman–Crippen LogP) is 12.6. The number of hydrogen-bond donors (Lipinski definition) is 9. The molecule has 2 heterocycles. The quantitative estimate of drug-likeness (QED) is 0.0204. The number of carbonyl (C=O) groups is 1. The monoisotopic (exact) mass is 1140 g/mol. The highest BCUT2D eigenvalue weighted by Gasteiger charge is 2.51. The molecule has 12 unspecified atom stereocenters. The standard InChI is InChI=1S/C66H123NO13/c1-3-5-7-9-11-13-15-17-19-21-23-24-25-26-27-28-29-30-31-32-33-35-37-39-41-43-45-47-49-55(70)54(67-58(71)50-48-46-44-42-40-38-36-34-22-20-18-16-14-12-10-8-6-4-2)53-77-65-63(76)61(74)64(57(52-69)79-65)80-66-62(75)60(73)59(72)56(51-68)78-66/h20,22,39,41,47,49,54-57,59-66,68-70,72-76H,3-19,21,23-38,40,42-46,48,50-53H2,1-2H3,(H,67,71)/b22-20-,41-39+,49-47+. The minimum absolute atomic E-state index is 0.251. The van der Waals surface area contributed by atoms with Gasteiger partial charge in [-0.1, -0.05) is 256 Å². The van der Waals surface area contributed by atoms with Gasteiger partial charge in [0.05, 0.1) is 32.0 Å². The third kappa shape index (κ3) is 36.1. The average Bonchev–Trinajstić information content (AvgIpc) is 3.46. The zero-order chi connectivity index (χ0) is 58.1. The lowest BCUT2D eigenvalue weighted by Gasteiger charge is -2.46. The van der Waals surface area contributed by atoms with Crippen LogP contribution in [0.5, 0.6) is 0 Å². The molecule has 2 rings (SSSR count). The third-order valence-corrected chi connectivity index (χ3v) is 16.3. The van der Waals surface area contributed by atoms with Gasteiger partial charge in [-0.2, -0.15) is 0 Å². The molecule has 12 atom stereocenters. The summed E-state index contributed by atoms with van der Waals surface area (Å²) in [6.45, 7) is 2.81. The summed E-state index contributed by atoms with van der Waals surface area (Å²) >= 11 is 0. The van der Waals surface area contributed by atoms with Crippen molar-refractivity contribution in [2.45, 2.75) is 357 Å². The Bertz CT molecular complexity index is 1480. The smallest absolute Gasteiger partial charge is 0.220 e. The van der Waals surface area contributed by atoms with E-state index in [-0.39, 0.29) is 18.9 Å². The molecule has 470 valence electrons. The molecule has 0 aromatic heterocycles. The van der Waals surface area contributed by atoms with Gasteiger partial charge in [-0.05, 0) is 57.8 Å². The number of rotatable bonds is 54. The molecular formula is C66H123NO13. The summed E-state index contributed by atoms with van der Waals surface area (Å²) in [5, 5.41) is 87.2. The lowest BCUT2D eigenvalue weighted by molar-refractivity contribution is -0.359. The van der Waals surface area contributed by atoms with Crippen LogP contribution in [0, 0.1) is 0 Å². The van der Waals surface area contributed by atoms with Gasteiger partial charge in [0.15, 0.2) is 12.6 Å². The van der Waals surface area contributed by atoms with Crippen LogP contribution in [0.15, 0.2) is 36.5 Å². The number of unbranched alkanes of at least 4 members (excludes halogenated alkanes) is 37. The summed E-state index contributed by atoms with van der Waals surface area (Å²) in [5.74, 6) is -0.251. The molecule has 14 nitrogen and oxygen atoms in total. The van der Waals surface area contributed by atoms with Crippen molar-refractivity contribution in [3.63, 3.8) is 0 Å². The molecule has 0 aliphatic carbocycles. The second kappa shape index (κ2) is 51.6. The van der Waals surface area contributed by atoms with Gasteiger partial charge >= 0.3 is 0 Å².